The molecule has 0 aliphatic rings. The molecule has 1 amide bonds. The Morgan fingerprint density at radius 1 is 1.36 bits per heavy atom. The van der Waals surface area contributed by atoms with Crippen LogP contribution >= 0.6 is 0 Å². The lowest BCUT2D eigenvalue weighted by Crippen LogP contribution is -2.18. The summed E-state index contributed by atoms with van der Waals surface area (Å²) in [7, 11) is 3.29. The number of carbonyl (C=O) groups excluding carboxylic acids is 1. The Morgan fingerprint density at radius 3 is 2.57 bits per heavy atom. The van der Waals surface area contributed by atoms with Crippen LogP contribution in [0.2, 0.25) is 0 Å². The molecule has 0 saturated heterocycles. The standard InChI is InChI=1S/C11H12FNO/c1-13(2)11(14)8-7-9-5-3-4-6-10(9)12/h3-8H,1-2H3/b8-7+. The van der Waals surface area contributed by atoms with Gasteiger partial charge in [-0.2, -0.15) is 0 Å². The number of hydrogen-bond donors (Lipinski definition) is 0. The number of nitrogens with zero attached hydrogens (tertiary/aromatic N) is 1. The van der Waals surface area contributed by atoms with Crippen molar-refractivity contribution in [3.05, 3.63) is 41.7 Å². The molecule has 0 fully saturated rings. The molecule has 0 aliphatic heterocycles. The third-order valence-electron chi connectivity index (χ3n) is 1.75. The van der Waals surface area contributed by atoms with Crippen LogP contribution in [0.1, 0.15) is 5.56 Å². The molecule has 1 rings (SSSR count). The van der Waals surface area contributed by atoms with Gasteiger partial charge in [-0.15, -0.1) is 0 Å². The van der Waals surface area contributed by atoms with Crippen molar-refractivity contribution in [1.82, 2.24) is 4.90 Å². The SMILES string of the molecule is CN(C)C(=O)/C=C/c1ccccc1F. The molecule has 0 heterocycles. The Kier molecular flexibility index (Phi) is 3.40. The molecule has 0 aromatic heterocycles. The van der Waals surface area contributed by atoms with Crippen LogP contribution in [0.4, 0.5) is 4.39 Å². The minimum absolute atomic E-state index is 0.159. The molecule has 74 valence electrons. The Morgan fingerprint density at radius 2 is 2.00 bits per heavy atom. The number of hydrogen-bond acceptors (Lipinski definition) is 1. The van der Waals surface area contributed by atoms with Crippen LogP contribution in [0.25, 0.3) is 6.08 Å². The predicted molar refractivity (Wildman–Crippen MR) is 54.1 cm³/mol. The van der Waals surface area contributed by atoms with Crippen molar-refractivity contribution >= 4 is 12.0 Å². The lowest BCUT2D eigenvalue weighted by atomic mass is 10.2. The summed E-state index contributed by atoms with van der Waals surface area (Å²) in [5.74, 6) is -0.483. The van der Waals surface area contributed by atoms with Gasteiger partial charge in [0.2, 0.25) is 5.91 Å². The minimum Gasteiger partial charge on any atom is -0.345 e. The molecule has 3 heteroatoms. The van der Waals surface area contributed by atoms with E-state index in [1.807, 2.05) is 0 Å². The molecule has 1 aromatic carbocycles. The molecule has 0 atom stereocenters. The Balaban J connectivity index is 2.79. The maximum absolute atomic E-state index is 13.1. The van der Waals surface area contributed by atoms with E-state index < -0.39 is 0 Å². The van der Waals surface area contributed by atoms with Crippen molar-refractivity contribution in [2.45, 2.75) is 0 Å². The first-order valence-electron chi connectivity index (χ1n) is 4.25. The van der Waals surface area contributed by atoms with Gasteiger partial charge in [0.15, 0.2) is 0 Å². The second-order valence-corrected chi connectivity index (χ2v) is 3.09. The molecular formula is C11H12FNO. The van der Waals surface area contributed by atoms with E-state index in [9.17, 15) is 9.18 Å². The number of likely N-dealkylation sites (N-methyl/N-ethyl adjacent to an activating group) is 1. The van der Waals surface area contributed by atoms with E-state index in [4.69, 9.17) is 0 Å². The highest BCUT2D eigenvalue weighted by molar-refractivity contribution is 5.91. The molecule has 0 spiro atoms. The average molecular weight is 193 g/mol. The summed E-state index contributed by atoms with van der Waals surface area (Å²) in [6, 6.07) is 6.32. The summed E-state index contributed by atoms with van der Waals surface area (Å²) in [6.45, 7) is 0. The fourth-order valence-electron chi connectivity index (χ4n) is 0.920. The lowest BCUT2D eigenvalue weighted by Gasteiger charge is -2.05. The first kappa shape index (κ1) is 10.4. The van der Waals surface area contributed by atoms with E-state index in [2.05, 4.69) is 0 Å². The second-order valence-electron chi connectivity index (χ2n) is 3.09. The topological polar surface area (TPSA) is 20.3 Å². The Hall–Kier alpha value is -1.64. The van der Waals surface area contributed by atoms with Gasteiger partial charge in [-0.3, -0.25) is 4.79 Å². The van der Waals surface area contributed by atoms with Gasteiger partial charge in [0.1, 0.15) is 5.82 Å². The lowest BCUT2D eigenvalue weighted by molar-refractivity contribution is -0.123. The highest BCUT2D eigenvalue weighted by Gasteiger charge is 1.99. The average Bonchev–Trinajstić information content (AvgIpc) is 2.16. The smallest absolute Gasteiger partial charge is 0.246 e. The van der Waals surface area contributed by atoms with Gasteiger partial charge >= 0.3 is 0 Å². The number of rotatable bonds is 2. The fourth-order valence-corrected chi connectivity index (χ4v) is 0.920. The highest BCUT2D eigenvalue weighted by Crippen LogP contribution is 2.07. The monoisotopic (exact) mass is 193 g/mol. The maximum atomic E-state index is 13.1. The number of amides is 1. The van der Waals surface area contributed by atoms with Crippen LogP contribution in [0.15, 0.2) is 30.3 Å². The Labute approximate surface area is 82.7 Å². The summed E-state index contributed by atoms with van der Waals surface area (Å²) in [5.41, 5.74) is 0.419. The minimum atomic E-state index is -0.324. The van der Waals surface area contributed by atoms with Gasteiger partial charge in [0.25, 0.3) is 0 Å². The molecule has 0 aliphatic carbocycles. The zero-order chi connectivity index (χ0) is 10.6. The van der Waals surface area contributed by atoms with Gasteiger partial charge in [-0.05, 0) is 12.1 Å². The number of halogens is 1. The zero-order valence-electron chi connectivity index (χ0n) is 8.20. The molecule has 2 nitrogen and oxygen atoms in total. The quantitative estimate of drug-likeness (QED) is 0.657. The third-order valence-corrected chi connectivity index (χ3v) is 1.75. The molecule has 0 bridgehead atoms. The van der Waals surface area contributed by atoms with Gasteiger partial charge in [-0.25, -0.2) is 4.39 Å². The van der Waals surface area contributed by atoms with Crippen LogP contribution in [-0.4, -0.2) is 24.9 Å². The summed E-state index contributed by atoms with van der Waals surface area (Å²) in [5, 5.41) is 0. The second kappa shape index (κ2) is 4.56. The van der Waals surface area contributed by atoms with Crippen molar-refractivity contribution in [3.63, 3.8) is 0 Å². The van der Waals surface area contributed by atoms with Crippen molar-refractivity contribution in [2.24, 2.45) is 0 Å². The molecule has 0 unspecified atom stereocenters. The van der Waals surface area contributed by atoms with E-state index in [0.717, 1.165) is 0 Å². The first-order valence-corrected chi connectivity index (χ1v) is 4.25. The van der Waals surface area contributed by atoms with Gasteiger partial charge in [0.05, 0.1) is 0 Å². The maximum Gasteiger partial charge on any atom is 0.246 e. The van der Waals surface area contributed by atoms with E-state index >= 15 is 0 Å². The van der Waals surface area contributed by atoms with E-state index in [1.54, 1.807) is 32.3 Å². The highest BCUT2D eigenvalue weighted by atomic mass is 19.1. The summed E-state index contributed by atoms with van der Waals surface area (Å²) in [6.07, 6.45) is 2.82. The first-order chi connectivity index (χ1) is 6.61. The van der Waals surface area contributed by atoms with E-state index in [0.29, 0.717) is 5.56 Å². The Bertz CT molecular complexity index is 358. The van der Waals surface area contributed by atoms with Crippen molar-refractivity contribution in [1.29, 1.82) is 0 Å². The number of benzene rings is 1. The van der Waals surface area contributed by atoms with Crippen LogP contribution in [0.3, 0.4) is 0 Å². The van der Waals surface area contributed by atoms with Crippen molar-refractivity contribution < 1.29 is 9.18 Å². The van der Waals surface area contributed by atoms with Gasteiger partial charge in [0, 0.05) is 25.7 Å². The van der Waals surface area contributed by atoms with E-state index in [1.165, 1.54) is 23.1 Å². The van der Waals surface area contributed by atoms with Crippen LogP contribution < -0.4 is 0 Å². The third kappa shape index (κ3) is 2.69. The summed E-state index contributed by atoms with van der Waals surface area (Å²) in [4.78, 5) is 12.6. The molecule has 0 N–H and O–H groups in total. The van der Waals surface area contributed by atoms with Gasteiger partial charge < -0.3 is 4.90 Å². The summed E-state index contributed by atoms with van der Waals surface area (Å²) >= 11 is 0. The molecule has 0 saturated carbocycles. The largest absolute Gasteiger partial charge is 0.345 e. The summed E-state index contributed by atoms with van der Waals surface area (Å²) < 4.78 is 13.1. The zero-order valence-corrected chi connectivity index (χ0v) is 8.20. The van der Waals surface area contributed by atoms with Gasteiger partial charge in [-0.1, -0.05) is 18.2 Å². The fraction of sp³-hybridized carbons (Fsp3) is 0.182. The molecule has 1 aromatic rings. The number of carbonyl (C=O) groups is 1. The normalized spacial score (nSPS) is 10.5. The van der Waals surface area contributed by atoms with E-state index in [-0.39, 0.29) is 11.7 Å². The van der Waals surface area contributed by atoms with Crippen LogP contribution in [0, 0.1) is 5.82 Å². The predicted octanol–water partition coefficient (Wildman–Crippen LogP) is 1.93. The van der Waals surface area contributed by atoms with Crippen molar-refractivity contribution in [3.8, 4) is 0 Å². The molecule has 14 heavy (non-hydrogen) atoms. The van der Waals surface area contributed by atoms with Crippen molar-refractivity contribution in [2.75, 3.05) is 14.1 Å². The molecule has 0 radical (unpaired) electrons. The molecular weight excluding hydrogens is 181 g/mol. The van der Waals surface area contributed by atoms with Crippen LogP contribution in [-0.2, 0) is 4.79 Å². The van der Waals surface area contributed by atoms with Crippen LogP contribution in [0.5, 0.6) is 0 Å².